The quantitative estimate of drug-likeness (QED) is 0.736. The number of rotatable bonds is 6. The second-order valence-electron chi connectivity index (χ2n) is 5.99. The molecule has 1 amide bonds. The normalized spacial score (nSPS) is 14.9. The number of carbonyl (C=O) groups excluding carboxylic acids is 1. The molecule has 2 aromatic rings. The van der Waals surface area contributed by atoms with Crippen molar-refractivity contribution in [2.75, 3.05) is 11.1 Å². The van der Waals surface area contributed by atoms with Crippen LogP contribution in [0.15, 0.2) is 59.5 Å². The van der Waals surface area contributed by atoms with Crippen LogP contribution in [0.3, 0.4) is 0 Å². The molecule has 0 spiro atoms. The van der Waals surface area contributed by atoms with Gasteiger partial charge in [0.05, 0.1) is 15.6 Å². The van der Waals surface area contributed by atoms with E-state index in [9.17, 15) is 4.79 Å². The zero-order valence-corrected chi connectivity index (χ0v) is 15.7. The summed E-state index contributed by atoms with van der Waals surface area (Å²) < 4.78 is 0. The van der Waals surface area contributed by atoms with Gasteiger partial charge in [0, 0.05) is 18.3 Å². The van der Waals surface area contributed by atoms with Crippen molar-refractivity contribution in [3.05, 3.63) is 75.7 Å². The van der Waals surface area contributed by atoms with Crippen molar-refractivity contribution >= 4 is 35.0 Å². The van der Waals surface area contributed by atoms with Gasteiger partial charge in [-0.1, -0.05) is 54.1 Å². The number of halogens is 1. The summed E-state index contributed by atoms with van der Waals surface area (Å²) in [5, 5.41) is 6.98. The van der Waals surface area contributed by atoms with Crippen LogP contribution >= 0.6 is 23.4 Å². The molecule has 5 heteroatoms. The first-order valence-corrected chi connectivity index (χ1v) is 9.71. The molecule has 1 aliphatic heterocycles. The molecule has 1 atom stereocenters. The maximum absolute atomic E-state index is 12.3. The van der Waals surface area contributed by atoms with Crippen LogP contribution in [0.1, 0.15) is 30.5 Å². The van der Waals surface area contributed by atoms with E-state index >= 15 is 0 Å². The molecule has 0 saturated carbocycles. The third kappa shape index (κ3) is 4.88. The molecular weight excluding hydrogens is 352 g/mol. The maximum Gasteiger partial charge on any atom is 0.261 e. The standard InChI is InChI=1S/C20H21ClN2OS/c1-14(16-6-3-2-4-7-16)22-13-15-9-10-17(21)18(12-15)23-20(24)19-8-5-11-25-19/h2-4,6-10,12,14,22H,5,11,13H2,1H3,(H,23,24)/t14-/m1/s1. The van der Waals surface area contributed by atoms with E-state index in [0.717, 1.165) is 22.6 Å². The van der Waals surface area contributed by atoms with Crippen molar-refractivity contribution in [1.82, 2.24) is 5.32 Å². The lowest BCUT2D eigenvalue weighted by Gasteiger charge is -2.15. The predicted molar refractivity (Wildman–Crippen MR) is 107 cm³/mol. The largest absolute Gasteiger partial charge is 0.320 e. The Balaban J connectivity index is 1.64. The van der Waals surface area contributed by atoms with Crippen LogP contribution in [-0.2, 0) is 11.3 Å². The number of thioether (sulfide) groups is 1. The zero-order valence-electron chi connectivity index (χ0n) is 14.1. The predicted octanol–water partition coefficient (Wildman–Crippen LogP) is 5.15. The van der Waals surface area contributed by atoms with E-state index in [0.29, 0.717) is 17.3 Å². The van der Waals surface area contributed by atoms with Gasteiger partial charge in [-0.2, -0.15) is 0 Å². The summed E-state index contributed by atoms with van der Waals surface area (Å²) >= 11 is 7.83. The molecule has 130 valence electrons. The van der Waals surface area contributed by atoms with Gasteiger partial charge in [-0.05, 0) is 36.6 Å². The molecule has 3 rings (SSSR count). The Kier molecular flexibility index (Phi) is 6.19. The topological polar surface area (TPSA) is 41.1 Å². The molecule has 1 heterocycles. The average molecular weight is 373 g/mol. The molecule has 3 nitrogen and oxygen atoms in total. The molecule has 0 aromatic heterocycles. The minimum absolute atomic E-state index is 0.0767. The Morgan fingerprint density at radius 2 is 2.04 bits per heavy atom. The van der Waals surface area contributed by atoms with Crippen LogP contribution in [0, 0.1) is 0 Å². The number of allylic oxidation sites excluding steroid dienone is 1. The Bertz CT molecular complexity index is 777. The van der Waals surface area contributed by atoms with Crippen LogP contribution < -0.4 is 10.6 Å². The van der Waals surface area contributed by atoms with E-state index in [2.05, 4.69) is 29.7 Å². The van der Waals surface area contributed by atoms with Gasteiger partial charge < -0.3 is 10.6 Å². The monoisotopic (exact) mass is 372 g/mol. The lowest BCUT2D eigenvalue weighted by molar-refractivity contribution is -0.112. The fourth-order valence-electron chi connectivity index (χ4n) is 2.67. The van der Waals surface area contributed by atoms with Crippen molar-refractivity contribution < 1.29 is 4.79 Å². The van der Waals surface area contributed by atoms with Gasteiger partial charge in [-0.15, -0.1) is 11.8 Å². The first-order chi connectivity index (χ1) is 12.1. The third-order valence-corrected chi connectivity index (χ3v) is 5.55. The zero-order chi connectivity index (χ0) is 17.6. The molecule has 0 bridgehead atoms. The summed E-state index contributed by atoms with van der Waals surface area (Å²) in [5.74, 6) is 0.893. The van der Waals surface area contributed by atoms with Gasteiger partial charge >= 0.3 is 0 Å². The van der Waals surface area contributed by atoms with E-state index in [1.807, 2.05) is 42.5 Å². The summed E-state index contributed by atoms with van der Waals surface area (Å²) in [6.07, 6.45) is 2.92. The lowest BCUT2D eigenvalue weighted by Crippen LogP contribution is -2.18. The van der Waals surface area contributed by atoms with Gasteiger partial charge in [-0.25, -0.2) is 0 Å². The van der Waals surface area contributed by atoms with Crippen molar-refractivity contribution in [1.29, 1.82) is 0 Å². The summed E-state index contributed by atoms with van der Waals surface area (Å²) in [4.78, 5) is 13.0. The van der Waals surface area contributed by atoms with Crippen molar-refractivity contribution in [2.24, 2.45) is 0 Å². The van der Waals surface area contributed by atoms with Gasteiger partial charge in [0.2, 0.25) is 0 Å². The smallest absolute Gasteiger partial charge is 0.261 e. The number of hydrogen-bond acceptors (Lipinski definition) is 3. The van der Waals surface area contributed by atoms with Crippen molar-refractivity contribution in [2.45, 2.75) is 25.9 Å². The van der Waals surface area contributed by atoms with E-state index < -0.39 is 0 Å². The number of amides is 1. The average Bonchev–Trinajstić information content (AvgIpc) is 3.17. The highest BCUT2D eigenvalue weighted by molar-refractivity contribution is 8.04. The molecule has 0 aliphatic carbocycles. The maximum atomic E-state index is 12.3. The van der Waals surface area contributed by atoms with Crippen molar-refractivity contribution in [3.8, 4) is 0 Å². The summed E-state index contributed by atoms with van der Waals surface area (Å²) in [6, 6.07) is 16.3. The highest BCUT2D eigenvalue weighted by atomic mass is 35.5. The van der Waals surface area contributed by atoms with Crippen molar-refractivity contribution in [3.63, 3.8) is 0 Å². The Hall–Kier alpha value is -1.75. The summed E-state index contributed by atoms with van der Waals surface area (Å²) in [5.41, 5.74) is 2.98. The SMILES string of the molecule is C[C@@H](NCc1ccc(Cl)c(NC(=O)C2=CCCS2)c1)c1ccccc1. The number of nitrogens with one attached hydrogen (secondary N) is 2. The Morgan fingerprint density at radius 1 is 1.24 bits per heavy atom. The minimum atomic E-state index is -0.0767. The van der Waals surface area contributed by atoms with E-state index in [-0.39, 0.29) is 11.9 Å². The molecular formula is C20H21ClN2OS. The fourth-order valence-corrected chi connectivity index (χ4v) is 3.71. The molecule has 2 aromatic carbocycles. The van der Waals surface area contributed by atoms with E-state index in [1.165, 1.54) is 5.56 Å². The first kappa shape index (κ1) is 18.1. The molecule has 1 aliphatic rings. The fraction of sp³-hybridized carbons (Fsp3) is 0.250. The third-order valence-electron chi connectivity index (χ3n) is 4.12. The van der Waals surface area contributed by atoms with Gasteiger partial charge in [0.25, 0.3) is 5.91 Å². The minimum Gasteiger partial charge on any atom is -0.320 e. The summed E-state index contributed by atoms with van der Waals surface area (Å²) in [6.45, 7) is 2.84. The molecule has 0 unspecified atom stereocenters. The number of carbonyl (C=O) groups is 1. The molecule has 0 fully saturated rings. The van der Waals surface area contributed by atoms with E-state index in [1.54, 1.807) is 11.8 Å². The second kappa shape index (κ2) is 8.56. The highest BCUT2D eigenvalue weighted by Crippen LogP contribution is 2.28. The Morgan fingerprint density at radius 3 is 2.76 bits per heavy atom. The number of benzene rings is 2. The first-order valence-electron chi connectivity index (χ1n) is 8.34. The second-order valence-corrected chi connectivity index (χ2v) is 7.53. The number of hydrogen-bond donors (Lipinski definition) is 2. The number of anilines is 1. The lowest BCUT2D eigenvalue weighted by atomic mass is 10.1. The van der Waals surface area contributed by atoms with Gasteiger partial charge in [0.1, 0.15) is 0 Å². The van der Waals surface area contributed by atoms with Crippen LogP contribution in [0.2, 0.25) is 5.02 Å². The van der Waals surface area contributed by atoms with Gasteiger partial charge in [0.15, 0.2) is 0 Å². The molecule has 25 heavy (non-hydrogen) atoms. The van der Waals surface area contributed by atoms with Gasteiger partial charge in [-0.3, -0.25) is 4.79 Å². The molecule has 0 saturated heterocycles. The molecule has 2 N–H and O–H groups in total. The van der Waals surface area contributed by atoms with Crippen LogP contribution in [0.25, 0.3) is 0 Å². The van der Waals surface area contributed by atoms with Crippen LogP contribution in [-0.4, -0.2) is 11.7 Å². The molecule has 0 radical (unpaired) electrons. The van der Waals surface area contributed by atoms with Crippen LogP contribution in [0.5, 0.6) is 0 Å². The highest BCUT2D eigenvalue weighted by Gasteiger charge is 2.15. The van der Waals surface area contributed by atoms with E-state index in [4.69, 9.17) is 11.6 Å². The summed E-state index contributed by atoms with van der Waals surface area (Å²) in [7, 11) is 0. The van der Waals surface area contributed by atoms with Crippen LogP contribution in [0.4, 0.5) is 5.69 Å². The Labute approximate surface area is 157 Å².